The molecule has 22 heavy (non-hydrogen) atoms. The zero-order chi connectivity index (χ0) is 15.4. The normalized spacial score (nSPS) is 11.0. The van der Waals surface area contributed by atoms with E-state index >= 15 is 0 Å². The van der Waals surface area contributed by atoms with E-state index in [2.05, 4.69) is 22.8 Å². The lowest BCUT2D eigenvalue weighted by Crippen LogP contribution is -1.96. The Morgan fingerprint density at radius 2 is 1.50 bits per heavy atom. The first-order chi connectivity index (χ1) is 10.8. The summed E-state index contributed by atoms with van der Waals surface area (Å²) in [5, 5.41) is 0. The molecule has 0 radical (unpaired) electrons. The summed E-state index contributed by atoms with van der Waals surface area (Å²) in [6, 6.07) is 23.6. The second-order valence-corrected chi connectivity index (χ2v) is 5.13. The maximum atomic E-state index is 12.1. The summed E-state index contributed by atoms with van der Waals surface area (Å²) in [5.41, 5.74) is 4.01. The molecule has 3 rings (SSSR count). The topological polar surface area (TPSA) is 22.0 Å². The smallest absolute Gasteiger partial charge is 0.185 e. The zero-order valence-electron chi connectivity index (χ0n) is 12.4. The first-order valence-electron chi connectivity index (χ1n) is 7.24. The van der Waals surface area contributed by atoms with Gasteiger partial charge >= 0.3 is 0 Å². The molecular formula is C20H17NO. The Morgan fingerprint density at radius 3 is 2.18 bits per heavy atom. The molecular weight excluding hydrogens is 270 g/mol. The van der Waals surface area contributed by atoms with Gasteiger partial charge in [0, 0.05) is 24.0 Å². The van der Waals surface area contributed by atoms with Crippen molar-refractivity contribution in [2.75, 3.05) is 0 Å². The van der Waals surface area contributed by atoms with Crippen molar-refractivity contribution in [1.82, 2.24) is 4.57 Å². The van der Waals surface area contributed by atoms with Crippen LogP contribution in [0.2, 0.25) is 0 Å². The van der Waals surface area contributed by atoms with E-state index in [1.54, 1.807) is 6.08 Å². The Hall–Kier alpha value is -2.87. The third kappa shape index (κ3) is 2.91. The van der Waals surface area contributed by atoms with Gasteiger partial charge in [0.1, 0.15) is 0 Å². The van der Waals surface area contributed by atoms with Crippen molar-refractivity contribution in [3.8, 4) is 11.3 Å². The maximum Gasteiger partial charge on any atom is 0.185 e. The van der Waals surface area contributed by atoms with Gasteiger partial charge in [0.2, 0.25) is 0 Å². The van der Waals surface area contributed by atoms with E-state index in [1.165, 1.54) is 5.56 Å². The number of hydrogen-bond donors (Lipinski definition) is 0. The van der Waals surface area contributed by atoms with Crippen molar-refractivity contribution in [1.29, 1.82) is 0 Å². The zero-order valence-corrected chi connectivity index (χ0v) is 12.4. The van der Waals surface area contributed by atoms with Gasteiger partial charge < -0.3 is 4.57 Å². The van der Waals surface area contributed by atoms with Crippen LogP contribution in [0.1, 0.15) is 16.1 Å². The summed E-state index contributed by atoms with van der Waals surface area (Å²) in [6.07, 6.45) is 3.49. The second kappa shape index (κ2) is 6.27. The largest absolute Gasteiger partial charge is 0.344 e. The van der Waals surface area contributed by atoms with Crippen LogP contribution in [-0.2, 0) is 7.05 Å². The molecule has 0 saturated heterocycles. The van der Waals surface area contributed by atoms with Crippen molar-refractivity contribution in [2.45, 2.75) is 0 Å². The van der Waals surface area contributed by atoms with E-state index in [0.29, 0.717) is 5.56 Å². The van der Waals surface area contributed by atoms with Crippen LogP contribution >= 0.6 is 0 Å². The molecule has 108 valence electrons. The van der Waals surface area contributed by atoms with Crippen molar-refractivity contribution in [3.63, 3.8) is 0 Å². The molecule has 2 nitrogen and oxygen atoms in total. The minimum atomic E-state index is 0.0167. The molecule has 0 aliphatic rings. The van der Waals surface area contributed by atoms with Gasteiger partial charge in [0.25, 0.3) is 0 Å². The van der Waals surface area contributed by atoms with Gasteiger partial charge in [0.05, 0.1) is 0 Å². The minimum absolute atomic E-state index is 0.0167. The van der Waals surface area contributed by atoms with Crippen LogP contribution in [0.4, 0.5) is 0 Å². The fourth-order valence-corrected chi connectivity index (χ4v) is 2.45. The molecule has 0 aliphatic carbocycles. The molecule has 0 saturated carbocycles. The number of ketones is 1. The van der Waals surface area contributed by atoms with Crippen molar-refractivity contribution in [2.24, 2.45) is 7.05 Å². The Labute approximate surface area is 130 Å². The Kier molecular flexibility index (Phi) is 4.01. The molecule has 0 aliphatic heterocycles. The SMILES string of the molecule is Cn1c(/C=C/C(=O)c2ccccc2)ccc1-c1ccccc1. The second-order valence-electron chi connectivity index (χ2n) is 5.13. The molecule has 1 heterocycles. The average Bonchev–Trinajstić information content (AvgIpc) is 2.95. The number of aromatic nitrogens is 1. The number of allylic oxidation sites excluding steroid dienone is 1. The molecule has 2 heteroatoms. The lowest BCUT2D eigenvalue weighted by molar-refractivity contribution is 0.104. The Balaban J connectivity index is 1.84. The lowest BCUT2D eigenvalue weighted by atomic mass is 10.1. The van der Waals surface area contributed by atoms with Gasteiger partial charge in [-0.05, 0) is 29.8 Å². The van der Waals surface area contributed by atoms with Crippen LogP contribution in [0.5, 0.6) is 0 Å². The van der Waals surface area contributed by atoms with Crippen molar-refractivity contribution >= 4 is 11.9 Å². The molecule has 3 aromatic rings. The van der Waals surface area contributed by atoms with Gasteiger partial charge in [-0.25, -0.2) is 0 Å². The van der Waals surface area contributed by atoms with E-state index in [0.717, 1.165) is 11.4 Å². The lowest BCUT2D eigenvalue weighted by Gasteiger charge is -2.05. The summed E-state index contributed by atoms with van der Waals surface area (Å²) in [4.78, 5) is 12.1. The molecule has 0 N–H and O–H groups in total. The predicted octanol–water partition coefficient (Wildman–Crippen LogP) is 4.59. The number of carbonyl (C=O) groups is 1. The first kappa shape index (κ1) is 14.1. The average molecular weight is 287 g/mol. The number of hydrogen-bond acceptors (Lipinski definition) is 1. The fourth-order valence-electron chi connectivity index (χ4n) is 2.45. The van der Waals surface area contributed by atoms with Crippen LogP contribution in [0.25, 0.3) is 17.3 Å². The van der Waals surface area contributed by atoms with E-state index < -0.39 is 0 Å². The predicted molar refractivity (Wildman–Crippen MR) is 90.7 cm³/mol. The van der Waals surface area contributed by atoms with Gasteiger partial charge in [-0.15, -0.1) is 0 Å². The van der Waals surface area contributed by atoms with Gasteiger partial charge in [0.15, 0.2) is 5.78 Å². The highest BCUT2D eigenvalue weighted by Crippen LogP contribution is 2.21. The van der Waals surface area contributed by atoms with Crippen LogP contribution < -0.4 is 0 Å². The van der Waals surface area contributed by atoms with Crippen LogP contribution in [0.15, 0.2) is 78.9 Å². The molecule has 0 amide bonds. The number of benzene rings is 2. The summed E-state index contributed by atoms with van der Waals surface area (Å²) < 4.78 is 2.09. The third-order valence-corrected chi connectivity index (χ3v) is 3.69. The van der Waals surface area contributed by atoms with Crippen molar-refractivity contribution < 1.29 is 4.79 Å². The molecule has 0 atom stereocenters. The first-order valence-corrected chi connectivity index (χ1v) is 7.24. The Bertz CT molecular complexity index is 798. The van der Waals surface area contributed by atoms with E-state index in [4.69, 9.17) is 0 Å². The minimum Gasteiger partial charge on any atom is -0.344 e. The fraction of sp³-hybridized carbons (Fsp3) is 0.0500. The molecule has 0 fully saturated rings. The molecule has 0 bridgehead atoms. The molecule has 0 spiro atoms. The highest BCUT2D eigenvalue weighted by atomic mass is 16.1. The monoisotopic (exact) mass is 287 g/mol. The van der Waals surface area contributed by atoms with Crippen molar-refractivity contribution in [3.05, 3.63) is 90.1 Å². The highest BCUT2D eigenvalue weighted by molar-refractivity contribution is 6.06. The summed E-state index contributed by atoms with van der Waals surface area (Å²) in [6.45, 7) is 0. The van der Waals surface area contributed by atoms with E-state index in [9.17, 15) is 4.79 Å². The number of nitrogens with zero attached hydrogens (tertiary/aromatic N) is 1. The molecule has 0 unspecified atom stereocenters. The third-order valence-electron chi connectivity index (χ3n) is 3.69. The van der Waals surface area contributed by atoms with Gasteiger partial charge in [-0.3, -0.25) is 4.79 Å². The highest BCUT2D eigenvalue weighted by Gasteiger charge is 2.05. The molecule has 1 aromatic heterocycles. The molecule has 2 aromatic carbocycles. The van der Waals surface area contributed by atoms with Gasteiger partial charge in [-0.1, -0.05) is 60.7 Å². The van der Waals surface area contributed by atoms with Gasteiger partial charge in [-0.2, -0.15) is 0 Å². The number of carbonyl (C=O) groups excluding carboxylic acids is 1. The summed E-state index contributed by atoms with van der Waals surface area (Å²) in [7, 11) is 2.01. The van der Waals surface area contributed by atoms with E-state index in [-0.39, 0.29) is 5.78 Å². The standard InChI is InChI=1S/C20H17NO/c1-21-18(12-14-19(21)16-8-4-2-5-9-16)13-15-20(22)17-10-6-3-7-11-17/h2-15H,1H3/b15-13+. The Morgan fingerprint density at radius 1 is 0.864 bits per heavy atom. The van der Waals surface area contributed by atoms with Crippen LogP contribution in [0, 0.1) is 0 Å². The summed E-state index contributed by atoms with van der Waals surface area (Å²) in [5.74, 6) is 0.0167. The summed E-state index contributed by atoms with van der Waals surface area (Å²) >= 11 is 0. The maximum absolute atomic E-state index is 12.1. The van der Waals surface area contributed by atoms with Crippen LogP contribution in [0.3, 0.4) is 0 Å². The quantitative estimate of drug-likeness (QED) is 0.508. The van der Waals surface area contributed by atoms with E-state index in [1.807, 2.05) is 67.7 Å². The number of rotatable bonds is 4. The van der Waals surface area contributed by atoms with Crippen LogP contribution in [-0.4, -0.2) is 10.4 Å².